The van der Waals surface area contributed by atoms with Crippen LogP contribution in [-0.4, -0.2) is 16.9 Å². The first-order valence-corrected chi connectivity index (χ1v) is 6.46. The van der Waals surface area contributed by atoms with E-state index in [1.807, 2.05) is 0 Å². The van der Waals surface area contributed by atoms with Gasteiger partial charge in [0, 0.05) is 11.5 Å². The minimum atomic E-state index is -1.37. The Morgan fingerprint density at radius 1 is 1.35 bits per heavy atom. The van der Waals surface area contributed by atoms with Gasteiger partial charge in [-0.05, 0) is 30.4 Å². The molecule has 1 atom stereocenters. The minimum Gasteiger partial charge on any atom is -0.478 e. The van der Waals surface area contributed by atoms with Crippen molar-refractivity contribution < 1.29 is 23.5 Å². The number of hydrogen-bond acceptors (Lipinski definition) is 2. The predicted octanol–water partition coefficient (Wildman–Crippen LogP) is 3.32. The third-order valence-electron chi connectivity index (χ3n) is 3.73. The van der Waals surface area contributed by atoms with E-state index in [1.165, 1.54) is 6.08 Å². The topological polar surface area (TPSA) is 54.4 Å². The highest BCUT2D eigenvalue weighted by atomic mass is 35.5. The lowest BCUT2D eigenvalue weighted by Gasteiger charge is -2.24. The molecule has 0 saturated heterocycles. The Hall–Kier alpha value is -1.75. The number of benzene rings is 1. The number of fused-ring (bicyclic) bond motifs is 1. The van der Waals surface area contributed by atoms with Crippen LogP contribution in [0.1, 0.15) is 34.7 Å². The number of carboxylic acids is 1. The van der Waals surface area contributed by atoms with E-state index in [4.69, 9.17) is 16.7 Å². The molecule has 1 saturated carbocycles. The first-order chi connectivity index (χ1) is 9.41. The highest BCUT2D eigenvalue weighted by Crippen LogP contribution is 2.49. The minimum absolute atomic E-state index is 0.124. The van der Waals surface area contributed by atoms with E-state index in [1.54, 1.807) is 0 Å². The fraction of sp³-hybridized carbons (Fsp3) is 0.286. The summed E-state index contributed by atoms with van der Waals surface area (Å²) in [7, 11) is 0. The summed E-state index contributed by atoms with van der Waals surface area (Å²) in [5, 5.41) is 8.63. The molecule has 0 spiro atoms. The molecule has 20 heavy (non-hydrogen) atoms. The van der Waals surface area contributed by atoms with Crippen LogP contribution >= 0.6 is 11.6 Å². The van der Waals surface area contributed by atoms with Crippen molar-refractivity contribution in [2.75, 3.05) is 0 Å². The zero-order chi connectivity index (χ0) is 14.6. The molecule has 1 fully saturated rings. The van der Waals surface area contributed by atoms with Gasteiger partial charge in [-0.3, -0.25) is 4.79 Å². The molecule has 0 bridgehead atoms. The van der Waals surface area contributed by atoms with E-state index in [9.17, 15) is 18.4 Å². The van der Waals surface area contributed by atoms with Crippen molar-refractivity contribution in [3.8, 4) is 0 Å². The van der Waals surface area contributed by atoms with Gasteiger partial charge >= 0.3 is 5.97 Å². The predicted molar refractivity (Wildman–Crippen MR) is 66.9 cm³/mol. The van der Waals surface area contributed by atoms with Crippen LogP contribution in [-0.2, 0) is 4.79 Å². The zero-order valence-electron chi connectivity index (χ0n) is 10.1. The van der Waals surface area contributed by atoms with E-state index >= 15 is 0 Å². The fourth-order valence-corrected chi connectivity index (χ4v) is 2.92. The second-order valence-corrected chi connectivity index (χ2v) is 5.40. The number of allylic oxidation sites excluding steroid dienone is 1. The number of aliphatic carboxylic acids is 1. The van der Waals surface area contributed by atoms with Crippen LogP contribution in [0, 0.1) is 17.6 Å². The van der Waals surface area contributed by atoms with Gasteiger partial charge in [0.2, 0.25) is 0 Å². The first-order valence-electron chi connectivity index (χ1n) is 6.09. The molecule has 3 rings (SSSR count). The second-order valence-electron chi connectivity index (χ2n) is 5.03. The smallest absolute Gasteiger partial charge is 0.339 e. The monoisotopic (exact) mass is 298 g/mol. The first kappa shape index (κ1) is 13.2. The Labute approximate surface area is 117 Å². The van der Waals surface area contributed by atoms with E-state index in [0.717, 1.165) is 18.9 Å². The normalized spacial score (nSPS) is 21.4. The van der Waals surface area contributed by atoms with Gasteiger partial charge < -0.3 is 5.11 Å². The molecule has 3 nitrogen and oxygen atoms in total. The largest absolute Gasteiger partial charge is 0.478 e. The van der Waals surface area contributed by atoms with Crippen LogP contribution in [0.2, 0.25) is 5.02 Å². The van der Waals surface area contributed by atoms with Crippen molar-refractivity contribution in [1.29, 1.82) is 0 Å². The zero-order valence-corrected chi connectivity index (χ0v) is 10.9. The summed E-state index contributed by atoms with van der Waals surface area (Å²) in [5.41, 5.74) is -0.342. The van der Waals surface area contributed by atoms with Gasteiger partial charge in [0.15, 0.2) is 17.4 Å². The molecule has 2 aliphatic carbocycles. The maximum absolute atomic E-state index is 13.6. The van der Waals surface area contributed by atoms with E-state index in [-0.39, 0.29) is 17.0 Å². The van der Waals surface area contributed by atoms with Crippen molar-refractivity contribution in [2.45, 2.75) is 18.8 Å². The number of carbonyl (C=O) groups excluding carboxylic acids is 1. The Morgan fingerprint density at radius 2 is 2.00 bits per heavy atom. The molecule has 1 aromatic rings. The van der Waals surface area contributed by atoms with Gasteiger partial charge in [-0.25, -0.2) is 13.6 Å². The summed E-state index contributed by atoms with van der Waals surface area (Å²) in [4.78, 5) is 23.2. The molecule has 1 N–H and O–H groups in total. The molecular formula is C14H9ClF2O3. The number of carboxylic acid groups (broad SMARTS) is 1. The van der Waals surface area contributed by atoms with Crippen molar-refractivity contribution in [1.82, 2.24) is 0 Å². The third kappa shape index (κ3) is 1.85. The summed E-state index contributed by atoms with van der Waals surface area (Å²) in [6, 6.07) is 0.740. The van der Waals surface area contributed by atoms with Gasteiger partial charge in [-0.1, -0.05) is 17.7 Å². The van der Waals surface area contributed by atoms with Crippen LogP contribution in [0.3, 0.4) is 0 Å². The fourth-order valence-electron chi connectivity index (χ4n) is 2.60. The number of ketones is 1. The van der Waals surface area contributed by atoms with E-state index < -0.39 is 39.9 Å². The second kappa shape index (κ2) is 4.38. The van der Waals surface area contributed by atoms with Crippen LogP contribution in [0.5, 0.6) is 0 Å². The molecule has 0 aliphatic heterocycles. The Morgan fingerprint density at radius 3 is 2.55 bits per heavy atom. The van der Waals surface area contributed by atoms with E-state index in [0.29, 0.717) is 0 Å². The molecule has 1 unspecified atom stereocenters. The number of Topliss-reactive ketones (excluding diaryl/α,β-unsaturated/α-hetero) is 1. The lowest BCUT2D eigenvalue weighted by Crippen LogP contribution is -2.23. The Balaban J connectivity index is 2.26. The highest BCUT2D eigenvalue weighted by Gasteiger charge is 2.41. The number of carbonyl (C=O) groups is 2. The molecule has 6 heteroatoms. The highest BCUT2D eigenvalue weighted by molar-refractivity contribution is 6.33. The van der Waals surface area contributed by atoms with Crippen LogP contribution in [0.4, 0.5) is 8.78 Å². The Kier molecular flexibility index (Phi) is 2.90. The summed E-state index contributed by atoms with van der Waals surface area (Å²) >= 11 is 5.83. The SMILES string of the molecule is O=C(O)C1=CC(C2CC2)c2c(cc(F)c(F)c2Cl)C1=O. The quantitative estimate of drug-likeness (QED) is 0.673. The van der Waals surface area contributed by atoms with Crippen LogP contribution in [0.25, 0.3) is 0 Å². The maximum Gasteiger partial charge on any atom is 0.339 e. The molecule has 2 aliphatic rings. The summed E-state index contributed by atoms with van der Waals surface area (Å²) in [5.74, 6) is -4.97. The molecular weight excluding hydrogens is 290 g/mol. The van der Waals surface area contributed by atoms with Gasteiger partial charge in [0.25, 0.3) is 0 Å². The third-order valence-corrected chi connectivity index (χ3v) is 4.10. The molecule has 104 valence electrons. The molecule has 0 amide bonds. The lowest BCUT2D eigenvalue weighted by atomic mass is 9.80. The van der Waals surface area contributed by atoms with Crippen LogP contribution in [0.15, 0.2) is 17.7 Å². The van der Waals surface area contributed by atoms with E-state index in [2.05, 4.69) is 0 Å². The average molecular weight is 299 g/mol. The summed E-state index contributed by atoms with van der Waals surface area (Å²) < 4.78 is 27.0. The Bertz CT molecular complexity index is 677. The molecule has 0 aromatic heterocycles. The number of rotatable bonds is 2. The number of hydrogen-bond donors (Lipinski definition) is 1. The average Bonchev–Trinajstić information content (AvgIpc) is 3.21. The summed E-state index contributed by atoms with van der Waals surface area (Å²) in [6.07, 6.45) is 3.00. The van der Waals surface area contributed by atoms with Crippen LogP contribution < -0.4 is 0 Å². The molecule has 0 radical (unpaired) electrons. The maximum atomic E-state index is 13.6. The van der Waals surface area contributed by atoms with Gasteiger partial charge in [-0.15, -0.1) is 0 Å². The standard InChI is InChI=1S/C14H9ClF2O3/c15-11-10-6(5-1-2-5)3-8(14(19)20)13(18)7(10)4-9(16)12(11)17/h3-6H,1-2H2,(H,19,20). The summed E-state index contributed by atoms with van der Waals surface area (Å²) in [6.45, 7) is 0. The number of halogens is 3. The molecule has 0 heterocycles. The van der Waals surface area contributed by atoms with Crippen molar-refractivity contribution in [3.05, 3.63) is 45.5 Å². The van der Waals surface area contributed by atoms with Crippen molar-refractivity contribution >= 4 is 23.4 Å². The van der Waals surface area contributed by atoms with Gasteiger partial charge in [-0.2, -0.15) is 0 Å². The molecule has 1 aromatic carbocycles. The van der Waals surface area contributed by atoms with Gasteiger partial charge in [0.1, 0.15) is 5.57 Å². The van der Waals surface area contributed by atoms with Gasteiger partial charge in [0.05, 0.1) is 5.02 Å². The van der Waals surface area contributed by atoms with Crippen molar-refractivity contribution in [3.63, 3.8) is 0 Å². The lowest BCUT2D eigenvalue weighted by molar-refractivity contribution is -0.132. The van der Waals surface area contributed by atoms with Crippen molar-refractivity contribution in [2.24, 2.45) is 5.92 Å².